The van der Waals surface area contributed by atoms with Crippen molar-refractivity contribution in [2.45, 2.75) is 37.6 Å². The monoisotopic (exact) mass is 359 g/mol. The number of halogens is 1. The Hall–Kier alpha value is -2.39. The molecule has 0 bridgehead atoms. The van der Waals surface area contributed by atoms with Gasteiger partial charge in [0.15, 0.2) is 6.23 Å². The Bertz CT molecular complexity index is 930. The fourth-order valence-electron chi connectivity index (χ4n) is 3.33. The summed E-state index contributed by atoms with van der Waals surface area (Å²) in [5.74, 6) is -0.430. The van der Waals surface area contributed by atoms with Crippen molar-refractivity contribution >= 4 is 11.0 Å². The third-order valence-electron chi connectivity index (χ3n) is 4.78. The van der Waals surface area contributed by atoms with Gasteiger partial charge >= 0.3 is 0 Å². The molecule has 5 atom stereocenters. The van der Waals surface area contributed by atoms with E-state index in [0.717, 1.165) is 11.1 Å². The minimum absolute atomic E-state index is 0.388. The van der Waals surface area contributed by atoms with Crippen molar-refractivity contribution in [1.29, 1.82) is 0 Å². The van der Waals surface area contributed by atoms with E-state index in [-0.39, 0.29) is 0 Å². The van der Waals surface area contributed by atoms with Gasteiger partial charge in [0.2, 0.25) is 0 Å². The molecule has 0 amide bonds. The Morgan fingerprint density at radius 1 is 1.12 bits per heavy atom. The number of nitrogens with zero attached hydrogens (tertiary/aromatic N) is 3. The number of hydrogen-bond donors (Lipinski definition) is 3. The number of fused-ring (bicyclic) bond motifs is 1. The van der Waals surface area contributed by atoms with Crippen LogP contribution in [0.15, 0.2) is 42.9 Å². The summed E-state index contributed by atoms with van der Waals surface area (Å²) in [5.41, 5.74) is 1.73. The van der Waals surface area contributed by atoms with Gasteiger partial charge in [0.25, 0.3) is 0 Å². The molecular weight excluding hydrogens is 341 g/mol. The molecule has 0 unspecified atom stereocenters. The lowest BCUT2D eigenvalue weighted by atomic mass is 9.99. The van der Waals surface area contributed by atoms with E-state index < -0.39 is 36.5 Å². The van der Waals surface area contributed by atoms with Crippen molar-refractivity contribution < 1.29 is 24.4 Å². The number of aromatic nitrogens is 3. The first-order valence-electron chi connectivity index (χ1n) is 8.20. The lowest BCUT2D eigenvalue weighted by Gasteiger charge is -2.21. The summed E-state index contributed by atoms with van der Waals surface area (Å²) in [6.07, 6.45) is -2.68. The van der Waals surface area contributed by atoms with Gasteiger partial charge < -0.3 is 24.6 Å². The number of aliphatic hydroxyl groups excluding tert-OH is 3. The second-order valence-corrected chi connectivity index (χ2v) is 6.39. The number of ether oxygens (including phenoxy) is 1. The SMILES string of the molecule is Cc1ncnc2c1ccn2[C@@H]1O[C@H]([C@@H](O)c2ccc(F)cc2)[C@@H](O)[C@H]1O. The first-order valence-corrected chi connectivity index (χ1v) is 8.20. The number of hydrogen-bond acceptors (Lipinski definition) is 6. The van der Waals surface area contributed by atoms with Crippen molar-refractivity contribution in [3.63, 3.8) is 0 Å². The van der Waals surface area contributed by atoms with Gasteiger partial charge in [-0.1, -0.05) is 12.1 Å². The molecule has 3 heterocycles. The van der Waals surface area contributed by atoms with Crippen LogP contribution in [-0.2, 0) is 4.74 Å². The topological polar surface area (TPSA) is 101 Å². The minimum atomic E-state index is -1.32. The third kappa shape index (κ3) is 2.67. The second-order valence-electron chi connectivity index (χ2n) is 6.39. The standard InChI is InChI=1S/C18H18FN3O4/c1-9-12-6-7-22(17(12)21-8-20-9)18-15(25)14(24)16(26-18)13(23)10-2-4-11(19)5-3-10/h2-8,13-16,18,23-25H,1H3/t13-,14-,15+,16+,18+/m0/s1. The van der Waals surface area contributed by atoms with Gasteiger partial charge in [-0.2, -0.15) is 0 Å². The van der Waals surface area contributed by atoms with Crippen LogP contribution in [0, 0.1) is 12.7 Å². The van der Waals surface area contributed by atoms with Gasteiger partial charge in [-0.25, -0.2) is 14.4 Å². The number of rotatable bonds is 3. The Balaban J connectivity index is 1.65. The van der Waals surface area contributed by atoms with E-state index >= 15 is 0 Å². The van der Waals surface area contributed by atoms with Crippen LogP contribution in [0.3, 0.4) is 0 Å². The van der Waals surface area contributed by atoms with Crippen LogP contribution in [0.5, 0.6) is 0 Å². The lowest BCUT2D eigenvalue weighted by molar-refractivity contribution is -0.0848. The maximum absolute atomic E-state index is 13.1. The van der Waals surface area contributed by atoms with Gasteiger partial charge in [0.05, 0.1) is 5.69 Å². The van der Waals surface area contributed by atoms with E-state index in [0.29, 0.717) is 11.2 Å². The van der Waals surface area contributed by atoms with E-state index in [1.165, 1.54) is 30.6 Å². The molecule has 8 heteroatoms. The zero-order chi connectivity index (χ0) is 18.4. The van der Waals surface area contributed by atoms with Crippen molar-refractivity contribution in [3.8, 4) is 0 Å². The molecule has 0 spiro atoms. The highest BCUT2D eigenvalue weighted by Gasteiger charge is 2.47. The Kier molecular flexibility index (Phi) is 4.20. The van der Waals surface area contributed by atoms with Crippen LogP contribution in [0.1, 0.15) is 23.6 Å². The predicted molar refractivity (Wildman–Crippen MR) is 89.5 cm³/mol. The molecule has 7 nitrogen and oxygen atoms in total. The van der Waals surface area contributed by atoms with E-state index in [1.54, 1.807) is 16.8 Å². The summed E-state index contributed by atoms with van der Waals surface area (Å²) in [6.45, 7) is 1.84. The molecule has 1 aliphatic heterocycles. The van der Waals surface area contributed by atoms with E-state index in [2.05, 4.69) is 9.97 Å². The minimum Gasteiger partial charge on any atom is -0.387 e. The Labute approximate surface area is 148 Å². The first-order chi connectivity index (χ1) is 12.5. The lowest BCUT2D eigenvalue weighted by Crippen LogP contribution is -2.34. The molecular formula is C18H18FN3O4. The quantitative estimate of drug-likeness (QED) is 0.650. The number of aliphatic hydroxyl groups is 3. The van der Waals surface area contributed by atoms with E-state index in [9.17, 15) is 19.7 Å². The van der Waals surface area contributed by atoms with E-state index in [1.807, 2.05) is 6.92 Å². The van der Waals surface area contributed by atoms with Gasteiger partial charge in [-0.05, 0) is 30.7 Å². The summed E-state index contributed by atoms with van der Waals surface area (Å²) in [4.78, 5) is 8.34. The highest BCUT2D eigenvalue weighted by atomic mass is 19.1. The number of aryl methyl sites for hydroxylation is 1. The smallest absolute Gasteiger partial charge is 0.164 e. The highest BCUT2D eigenvalue weighted by Crippen LogP contribution is 2.37. The van der Waals surface area contributed by atoms with Gasteiger partial charge in [-0.3, -0.25) is 0 Å². The summed E-state index contributed by atoms with van der Waals surface area (Å²) >= 11 is 0. The molecule has 0 saturated carbocycles. The fraction of sp³-hybridized carbons (Fsp3) is 0.333. The molecule has 3 aromatic rings. The molecule has 1 aromatic carbocycles. The Morgan fingerprint density at radius 2 is 1.85 bits per heavy atom. The highest BCUT2D eigenvalue weighted by molar-refractivity contribution is 5.78. The molecule has 2 aromatic heterocycles. The maximum Gasteiger partial charge on any atom is 0.164 e. The zero-order valence-electron chi connectivity index (χ0n) is 13.9. The van der Waals surface area contributed by atoms with Gasteiger partial charge in [0.1, 0.15) is 42.2 Å². The van der Waals surface area contributed by atoms with Gasteiger partial charge in [0, 0.05) is 11.6 Å². The predicted octanol–water partition coefficient (Wildman–Crippen LogP) is 1.23. The van der Waals surface area contributed by atoms with Crippen molar-refractivity contribution in [2.75, 3.05) is 0 Å². The molecule has 3 N–H and O–H groups in total. The normalized spacial score (nSPS) is 27.1. The maximum atomic E-state index is 13.1. The van der Waals surface area contributed by atoms with Crippen molar-refractivity contribution in [3.05, 3.63) is 59.9 Å². The van der Waals surface area contributed by atoms with E-state index in [4.69, 9.17) is 4.74 Å². The summed E-state index contributed by atoms with van der Waals surface area (Å²) in [5, 5.41) is 32.2. The zero-order valence-corrected chi connectivity index (χ0v) is 13.9. The van der Waals surface area contributed by atoms with Crippen LogP contribution in [0.2, 0.25) is 0 Å². The molecule has 4 rings (SSSR count). The van der Waals surface area contributed by atoms with Crippen LogP contribution >= 0.6 is 0 Å². The molecule has 1 fully saturated rings. The average Bonchev–Trinajstić information content (AvgIpc) is 3.18. The molecule has 1 saturated heterocycles. The molecule has 0 aliphatic carbocycles. The largest absolute Gasteiger partial charge is 0.387 e. The van der Waals surface area contributed by atoms with Crippen LogP contribution in [0.25, 0.3) is 11.0 Å². The molecule has 0 radical (unpaired) electrons. The van der Waals surface area contributed by atoms with Crippen LogP contribution < -0.4 is 0 Å². The van der Waals surface area contributed by atoms with Crippen LogP contribution in [0.4, 0.5) is 4.39 Å². The summed E-state index contributed by atoms with van der Waals surface area (Å²) in [7, 11) is 0. The fourth-order valence-corrected chi connectivity index (χ4v) is 3.33. The molecule has 26 heavy (non-hydrogen) atoms. The third-order valence-corrected chi connectivity index (χ3v) is 4.78. The van der Waals surface area contributed by atoms with Crippen molar-refractivity contribution in [2.24, 2.45) is 0 Å². The summed E-state index contributed by atoms with van der Waals surface area (Å²) < 4.78 is 20.5. The van der Waals surface area contributed by atoms with Crippen LogP contribution in [-0.4, -0.2) is 48.2 Å². The Morgan fingerprint density at radius 3 is 2.58 bits per heavy atom. The van der Waals surface area contributed by atoms with Crippen molar-refractivity contribution in [1.82, 2.24) is 14.5 Å². The summed E-state index contributed by atoms with van der Waals surface area (Å²) in [6, 6.07) is 7.06. The van der Waals surface area contributed by atoms with Gasteiger partial charge in [-0.15, -0.1) is 0 Å². The molecule has 136 valence electrons. The number of benzene rings is 1. The average molecular weight is 359 g/mol. The second kappa shape index (κ2) is 6.40. The first kappa shape index (κ1) is 17.0. The molecule has 1 aliphatic rings.